The number of carbonyl (C=O) groups is 1. The molecule has 0 atom stereocenters. The summed E-state index contributed by atoms with van der Waals surface area (Å²) in [6, 6.07) is 13.5. The highest BCUT2D eigenvalue weighted by Gasteiger charge is 2.38. The fraction of sp³-hybridized carbons (Fsp3) is 0.440. The largest absolute Gasteiger partial charge is 0.494 e. The van der Waals surface area contributed by atoms with Gasteiger partial charge in [0.1, 0.15) is 29.4 Å². The van der Waals surface area contributed by atoms with Crippen molar-refractivity contribution in [3.8, 4) is 11.5 Å². The second-order valence-electron chi connectivity index (χ2n) is 8.39. The van der Waals surface area contributed by atoms with Crippen LogP contribution in [0.25, 0.3) is 11.0 Å². The third kappa shape index (κ3) is 7.76. The third-order valence-electron chi connectivity index (χ3n) is 5.92. The van der Waals surface area contributed by atoms with Gasteiger partial charge in [0, 0.05) is 11.6 Å². The number of imidazole rings is 1. The molecule has 1 saturated heterocycles. The number of benzene rings is 2. The predicted octanol–water partition coefficient (Wildman–Crippen LogP) is 5.69. The molecule has 0 spiro atoms. The molecule has 1 aliphatic rings. The van der Waals surface area contributed by atoms with Crippen LogP contribution in [0.2, 0.25) is 5.02 Å². The lowest BCUT2D eigenvalue weighted by atomic mass is 9.93. The van der Waals surface area contributed by atoms with Crippen LogP contribution in [0.5, 0.6) is 11.5 Å². The lowest BCUT2D eigenvalue weighted by Crippen LogP contribution is -2.27. The van der Waals surface area contributed by atoms with Crippen LogP contribution in [0, 0.1) is 5.92 Å². The van der Waals surface area contributed by atoms with E-state index < -0.39 is 12.1 Å². The highest BCUT2D eigenvalue weighted by Crippen LogP contribution is 2.28. The maximum absolute atomic E-state index is 10.6. The first-order valence-electron chi connectivity index (χ1n) is 11.6. The van der Waals surface area contributed by atoms with E-state index in [9.17, 15) is 13.2 Å². The molecule has 0 unspecified atom stereocenters. The molecule has 0 bridgehead atoms. The summed E-state index contributed by atoms with van der Waals surface area (Å²) in [6.45, 7) is 3.64. The normalized spacial score (nSPS) is 14.2. The number of aliphatic carboxylic acids is 1. The maximum atomic E-state index is 10.6. The Hall–Kier alpha value is -2.98. The fourth-order valence-electron chi connectivity index (χ4n) is 4.08. The molecule has 2 aromatic carbocycles. The van der Waals surface area contributed by atoms with Crippen molar-refractivity contribution >= 4 is 28.6 Å². The summed E-state index contributed by atoms with van der Waals surface area (Å²) < 4.78 is 45.6. The second kappa shape index (κ2) is 12.8. The number of aryl methyl sites for hydroxylation is 1. The van der Waals surface area contributed by atoms with Gasteiger partial charge in [-0.1, -0.05) is 17.7 Å². The zero-order chi connectivity index (χ0) is 26.1. The van der Waals surface area contributed by atoms with Crippen molar-refractivity contribution in [1.29, 1.82) is 0 Å². The summed E-state index contributed by atoms with van der Waals surface area (Å²) in [5, 5.41) is 11.3. The first-order chi connectivity index (χ1) is 17.2. The van der Waals surface area contributed by atoms with Gasteiger partial charge in [-0.25, -0.2) is 9.78 Å². The summed E-state index contributed by atoms with van der Waals surface area (Å²) in [5.74, 6) is 0.577. The number of carboxylic acids is 1. The SMILES string of the molecule is COc1cccc2c1nc(COc1ccc(Cl)cc1)n2CCCC1CCNCC1.O=C(O)C(F)(F)F. The van der Waals surface area contributed by atoms with E-state index in [-0.39, 0.29) is 0 Å². The van der Waals surface area contributed by atoms with Gasteiger partial charge in [-0.15, -0.1) is 0 Å². The van der Waals surface area contributed by atoms with Gasteiger partial charge in [0.15, 0.2) is 0 Å². The van der Waals surface area contributed by atoms with E-state index >= 15 is 0 Å². The van der Waals surface area contributed by atoms with Gasteiger partial charge in [0.25, 0.3) is 0 Å². The van der Waals surface area contributed by atoms with Crippen molar-refractivity contribution in [2.75, 3.05) is 20.2 Å². The molecule has 0 radical (unpaired) electrons. The van der Waals surface area contributed by atoms with Crippen LogP contribution >= 0.6 is 11.6 Å². The second-order valence-corrected chi connectivity index (χ2v) is 8.83. The zero-order valence-electron chi connectivity index (χ0n) is 19.9. The number of carboxylic acid groups (broad SMARTS) is 1. The highest BCUT2D eigenvalue weighted by molar-refractivity contribution is 6.30. The van der Waals surface area contributed by atoms with Gasteiger partial charge in [-0.3, -0.25) is 0 Å². The Kier molecular flexibility index (Phi) is 9.83. The predicted molar refractivity (Wildman–Crippen MR) is 131 cm³/mol. The standard InChI is InChI=1S/C23H28ClN3O2.C2HF3O2/c1-28-21-6-2-5-20-23(21)26-22(16-29-19-9-7-18(24)8-10-19)27(20)15-3-4-17-11-13-25-14-12-17;3-2(4,5)1(6)7/h2,5-10,17,25H,3-4,11-16H2,1H3;(H,6,7). The number of methoxy groups -OCH3 is 1. The first-order valence-corrected chi connectivity index (χ1v) is 12.0. The Morgan fingerprint density at radius 2 is 1.86 bits per heavy atom. The number of piperidine rings is 1. The van der Waals surface area contributed by atoms with Gasteiger partial charge in [-0.2, -0.15) is 13.2 Å². The molecule has 7 nitrogen and oxygen atoms in total. The van der Waals surface area contributed by atoms with Crippen molar-refractivity contribution in [2.45, 2.75) is 45.0 Å². The molecule has 0 saturated carbocycles. The molecule has 0 aliphatic carbocycles. The van der Waals surface area contributed by atoms with Crippen LogP contribution in [0.3, 0.4) is 0 Å². The average molecular weight is 528 g/mol. The molecule has 1 aromatic heterocycles. The molecule has 3 aromatic rings. The summed E-state index contributed by atoms with van der Waals surface area (Å²) in [5.41, 5.74) is 2.00. The monoisotopic (exact) mass is 527 g/mol. The first kappa shape index (κ1) is 27.6. The van der Waals surface area contributed by atoms with Crippen LogP contribution in [0.1, 0.15) is 31.5 Å². The Bertz CT molecular complexity index is 1130. The van der Waals surface area contributed by atoms with E-state index in [2.05, 4.69) is 16.0 Å². The van der Waals surface area contributed by atoms with E-state index in [0.717, 1.165) is 60.3 Å². The molecule has 0 amide bonds. The summed E-state index contributed by atoms with van der Waals surface area (Å²) >= 11 is 5.97. The van der Waals surface area contributed by atoms with E-state index in [4.69, 9.17) is 36.0 Å². The minimum Gasteiger partial charge on any atom is -0.494 e. The van der Waals surface area contributed by atoms with Crippen molar-refractivity contribution in [3.05, 3.63) is 53.3 Å². The molecular weight excluding hydrogens is 499 g/mol. The Labute approximate surface area is 212 Å². The van der Waals surface area contributed by atoms with Crippen molar-refractivity contribution < 1.29 is 32.5 Å². The molecular formula is C25H29ClF3N3O4. The Balaban J connectivity index is 0.000000454. The Morgan fingerprint density at radius 3 is 2.47 bits per heavy atom. The molecule has 11 heteroatoms. The number of para-hydroxylation sites is 1. The Morgan fingerprint density at radius 1 is 1.19 bits per heavy atom. The molecule has 4 rings (SSSR count). The van der Waals surface area contributed by atoms with Gasteiger partial charge in [0.05, 0.1) is 12.6 Å². The molecule has 1 aliphatic heterocycles. The number of alkyl halides is 3. The highest BCUT2D eigenvalue weighted by atomic mass is 35.5. The topological polar surface area (TPSA) is 85.6 Å². The van der Waals surface area contributed by atoms with E-state index in [0.29, 0.717) is 11.6 Å². The molecule has 2 N–H and O–H groups in total. The number of nitrogens with zero attached hydrogens (tertiary/aromatic N) is 2. The maximum Gasteiger partial charge on any atom is 0.490 e. The van der Waals surface area contributed by atoms with Gasteiger partial charge in [0.2, 0.25) is 0 Å². The van der Waals surface area contributed by atoms with Crippen LogP contribution in [0.15, 0.2) is 42.5 Å². The minimum atomic E-state index is -5.08. The molecule has 2 heterocycles. The zero-order valence-corrected chi connectivity index (χ0v) is 20.6. The lowest BCUT2D eigenvalue weighted by molar-refractivity contribution is -0.192. The number of rotatable bonds is 8. The summed E-state index contributed by atoms with van der Waals surface area (Å²) in [6.07, 6.45) is -0.125. The third-order valence-corrected chi connectivity index (χ3v) is 6.17. The van der Waals surface area contributed by atoms with Gasteiger partial charge >= 0.3 is 12.1 Å². The molecule has 36 heavy (non-hydrogen) atoms. The van der Waals surface area contributed by atoms with Crippen molar-refractivity contribution in [1.82, 2.24) is 14.9 Å². The number of halogens is 4. The fourth-order valence-corrected chi connectivity index (χ4v) is 4.21. The van der Waals surface area contributed by atoms with Crippen LogP contribution in [0.4, 0.5) is 13.2 Å². The summed E-state index contributed by atoms with van der Waals surface area (Å²) in [4.78, 5) is 13.8. The quantitative estimate of drug-likeness (QED) is 0.391. The smallest absolute Gasteiger partial charge is 0.490 e. The van der Waals surface area contributed by atoms with E-state index in [1.165, 1.54) is 19.3 Å². The number of ether oxygens (including phenoxy) is 2. The summed E-state index contributed by atoms with van der Waals surface area (Å²) in [7, 11) is 1.69. The number of hydrogen-bond acceptors (Lipinski definition) is 5. The minimum absolute atomic E-state index is 0.410. The molecule has 196 valence electrons. The van der Waals surface area contributed by atoms with Crippen LogP contribution in [-0.2, 0) is 17.9 Å². The average Bonchev–Trinajstić information content (AvgIpc) is 3.22. The van der Waals surface area contributed by atoms with Crippen LogP contribution < -0.4 is 14.8 Å². The number of hydrogen-bond donors (Lipinski definition) is 2. The number of aromatic nitrogens is 2. The number of nitrogens with one attached hydrogen (secondary N) is 1. The van der Waals surface area contributed by atoms with Gasteiger partial charge < -0.3 is 24.5 Å². The molecule has 1 fully saturated rings. The van der Waals surface area contributed by atoms with E-state index in [1.54, 1.807) is 7.11 Å². The lowest BCUT2D eigenvalue weighted by Gasteiger charge is -2.22. The van der Waals surface area contributed by atoms with Crippen LogP contribution in [-0.4, -0.2) is 47.0 Å². The number of fused-ring (bicyclic) bond motifs is 1. The van der Waals surface area contributed by atoms with Crippen molar-refractivity contribution in [2.24, 2.45) is 5.92 Å². The van der Waals surface area contributed by atoms with Gasteiger partial charge in [-0.05, 0) is 81.1 Å². The van der Waals surface area contributed by atoms with Crippen molar-refractivity contribution in [3.63, 3.8) is 0 Å². The van der Waals surface area contributed by atoms with E-state index in [1.807, 2.05) is 36.4 Å².